The van der Waals surface area contributed by atoms with Gasteiger partial charge in [0, 0.05) is 47.7 Å². The van der Waals surface area contributed by atoms with E-state index in [1.54, 1.807) is 31.3 Å². The summed E-state index contributed by atoms with van der Waals surface area (Å²) >= 11 is 0. The van der Waals surface area contributed by atoms with Crippen LogP contribution in [0.1, 0.15) is 76.5 Å². The lowest BCUT2D eigenvalue weighted by Crippen LogP contribution is -2.50. The van der Waals surface area contributed by atoms with E-state index >= 15 is 0 Å². The molecule has 0 spiro atoms. The fourth-order valence-electron chi connectivity index (χ4n) is 6.08. The number of ketones is 1. The maximum atomic E-state index is 13.2. The molecule has 0 aliphatic carbocycles. The van der Waals surface area contributed by atoms with Crippen LogP contribution in [0.5, 0.6) is 0 Å². The number of pyridine rings is 1. The van der Waals surface area contributed by atoms with Crippen LogP contribution < -0.4 is 26.6 Å². The predicted molar refractivity (Wildman–Crippen MR) is 143 cm³/mol. The second kappa shape index (κ2) is 10.9. The number of amides is 2. The van der Waals surface area contributed by atoms with E-state index in [1.807, 2.05) is 12.1 Å². The number of piperidine rings is 2. The normalized spacial score (nSPS) is 24.9. The molecule has 3 fully saturated rings. The van der Waals surface area contributed by atoms with Crippen LogP contribution in [0.25, 0.3) is 0 Å². The van der Waals surface area contributed by atoms with Crippen molar-refractivity contribution in [3.8, 4) is 0 Å². The molecule has 0 radical (unpaired) electrons. The van der Waals surface area contributed by atoms with E-state index in [0.29, 0.717) is 40.4 Å². The third kappa shape index (κ3) is 5.61. The highest BCUT2D eigenvalue weighted by Crippen LogP contribution is 2.38. The average molecular weight is 505 g/mol. The molecule has 4 heterocycles. The Labute approximate surface area is 217 Å². The number of hydrogen-bond acceptors (Lipinski definition) is 7. The van der Waals surface area contributed by atoms with Crippen molar-refractivity contribution in [1.82, 2.24) is 15.6 Å². The minimum Gasteiger partial charge on any atom is -0.384 e. The number of benzene rings is 1. The van der Waals surface area contributed by atoms with Crippen LogP contribution in [0.2, 0.25) is 0 Å². The first-order valence-corrected chi connectivity index (χ1v) is 13.3. The summed E-state index contributed by atoms with van der Waals surface area (Å²) in [5.74, 6) is 0.732. The van der Waals surface area contributed by atoms with Gasteiger partial charge in [0.2, 0.25) is 0 Å². The molecule has 196 valence electrons. The molecule has 1 unspecified atom stereocenters. The van der Waals surface area contributed by atoms with Crippen LogP contribution in [-0.4, -0.2) is 60.3 Å². The van der Waals surface area contributed by atoms with E-state index in [9.17, 15) is 14.4 Å². The molecule has 37 heavy (non-hydrogen) atoms. The highest BCUT2D eigenvalue weighted by Gasteiger charge is 2.41. The van der Waals surface area contributed by atoms with Crippen molar-refractivity contribution in [2.75, 3.05) is 29.9 Å². The number of carbonyl (C=O) groups excluding carboxylic acids is 3. The standard InChI is InChI=1S/C28H36N6O3/c1-17(35)20-5-9-26(32-16-20)34-22-6-7-23(34)13-21(12-22)33-28(37)19-4-8-24(27(29)36)25(11-19)31-15-18-3-2-10-30-14-18/h4-5,8-9,11,16,18,21-23,30-31H,2-3,6-7,10,12-15H2,1H3,(H2,29,36)(H,33,37)/t18?,21-,22+,23-. The summed E-state index contributed by atoms with van der Waals surface area (Å²) in [7, 11) is 0. The van der Waals surface area contributed by atoms with Gasteiger partial charge in [-0.3, -0.25) is 14.4 Å². The largest absolute Gasteiger partial charge is 0.384 e. The quantitative estimate of drug-likeness (QED) is 0.407. The van der Waals surface area contributed by atoms with E-state index in [4.69, 9.17) is 5.73 Å². The minimum atomic E-state index is -0.509. The van der Waals surface area contributed by atoms with E-state index < -0.39 is 5.91 Å². The number of hydrogen-bond donors (Lipinski definition) is 4. The zero-order valence-electron chi connectivity index (χ0n) is 21.3. The van der Waals surface area contributed by atoms with Gasteiger partial charge in [-0.15, -0.1) is 0 Å². The van der Waals surface area contributed by atoms with Crippen LogP contribution >= 0.6 is 0 Å². The van der Waals surface area contributed by atoms with Crippen LogP contribution in [0.3, 0.4) is 0 Å². The minimum absolute atomic E-state index is 0.0108. The lowest BCUT2D eigenvalue weighted by molar-refractivity contribution is 0.0924. The zero-order chi connectivity index (χ0) is 25.9. The second-order valence-electron chi connectivity index (χ2n) is 10.6. The molecule has 3 aliphatic heterocycles. The molecule has 1 aromatic carbocycles. The van der Waals surface area contributed by atoms with Gasteiger partial charge in [0.25, 0.3) is 11.8 Å². The van der Waals surface area contributed by atoms with E-state index in [2.05, 4.69) is 25.8 Å². The van der Waals surface area contributed by atoms with E-state index in [1.165, 1.54) is 0 Å². The van der Waals surface area contributed by atoms with Crippen molar-refractivity contribution in [2.24, 2.45) is 11.7 Å². The van der Waals surface area contributed by atoms with Gasteiger partial charge >= 0.3 is 0 Å². The van der Waals surface area contributed by atoms with Crippen LogP contribution in [0.4, 0.5) is 11.5 Å². The van der Waals surface area contributed by atoms with Gasteiger partial charge in [0.1, 0.15) is 5.82 Å². The number of Topliss-reactive ketones (excluding diaryl/α,β-unsaturated/α-hetero) is 1. The number of carbonyl (C=O) groups is 3. The van der Waals surface area contributed by atoms with Gasteiger partial charge in [-0.2, -0.15) is 0 Å². The summed E-state index contributed by atoms with van der Waals surface area (Å²) in [5, 5.41) is 9.99. The summed E-state index contributed by atoms with van der Waals surface area (Å²) < 4.78 is 0. The van der Waals surface area contributed by atoms with Crippen molar-refractivity contribution in [2.45, 2.75) is 63.6 Å². The maximum absolute atomic E-state index is 13.2. The second-order valence-corrected chi connectivity index (χ2v) is 10.6. The van der Waals surface area contributed by atoms with Crippen LogP contribution in [0.15, 0.2) is 36.5 Å². The Morgan fingerprint density at radius 1 is 1.08 bits per heavy atom. The Morgan fingerprint density at radius 2 is 1.84 bits per heavy atom. The van der Waals surface area contributed by atoms with Crippen LogP contribution in [-0.2, 0) is 0 Å². The number of rotatable bonds is 8. The molecule has 2 bridgehead atoms. The van der Waals surface area contributed by atoms with Crippen molar-refractivity contribution < 1.29 is 14.4 Å². The molecule has 9 heteroatoms. The molecule has 4 atom stereocenters. The molecule has 1 aromatic heterocycles. The molecular weight excluding hydrogens is 468 g/mol. The smallest absolute Gasteiger partial charge is 0.251 e. The highest BCUT2D eigenvalue weighted by molar-refractivity contribution is 6.02. The maximum Gasteiger partial charge on any atom is 0.251 e. The van der Waals surface area contributed by atoms with Gasteiger partial charge in [0.05, 0.1) is 5.56 Å². The third-order valence-corrected chi connectivity index (χ3v) is 8.01. The molecule has 5 rings (SSSR count). The predicted octanol–water partition coefficient (Wildman–Crippen LogP) is 2.72. The first kappa shape index (κ1) is 25.2. The Morgan fingerprint density at radius 3 is 2.46 bits per heavy atom. The first-order chi connectivity index (χ1) is 17.9. The lowest BCUT2D eigenvalue weighted by Gasteiger charge is -2.40. The number of primary amides is 1. The first-order valence-electron chi connectivity index (χ1n) is 13.3. The van der Waals surface area contributed by atoms with Gasteiger partial charge in [-0.05, 0) is 94.8 Å². The summed E-state index contributed by atoms with van der Waals surface area (Å²) in [6.45, 7) is 4.25. The van der Waals surface area contributed by atoms with Crippen molar-refractivity contribution in [1.29, 1.82) is 0 Å². The molecule has 9 nitrogen and oxygen atoms in total. The van der Waals surface area contributed by atoms with Gasteiger partial charge in [0.15, 0.2) is 5.78 Å². The summed E-state index contributed by atoms with van der Waals surface area (Å²) in [5.41, 5.74) is 7.75. The lowest BCUT2D eigenvalue weighted by atomic mass is 9.96. The summed E-state index contributed by atoms with van der Waals surface area (Å²) in [6.07, 6.45) is 7.73. The van der Waals surface area contributed by atoms with Gasteiger partial charge in [-0.25, -0.2) is 4.98 Å². The summed E-state index contributed by atoms with van der Waals surface area (Å²) in [4.78, 5) is 43.7. The monoisotopic (exact) mass is 504 g/mol. The molecule has 2 amide bonds. The summed E-state index contributed by atoms with van der Waals surface area (Å²) in [6, 6.07) is 9.50. The number of aromatic nitrogens is 1. The molecular formula is C28H36N6O3. The van der Waals surface area contributed by atoms with Gasteiger partial charge < -0.3 is 26.6 Å². The Kier molecular flexibility index (Phi) is 7.41. The number of nitrogens with two attached hydrogens (primary N) is 1. The van der Waals surface area contributed by atoms with Crippen LogP contribution in [0, 0.1) is 5.92 Å². The fourth-order valence-corrected chi connectivity index (χ4v) is 6.08. The van der Waals surface area contributed by atoms with E-state index in [-0.39, 0.29) is 17.7 Å². The molecule has 3 saturated heterocycles. The SMILES string of the molecule is CC(=O)c1ccc(N2[C@@H]3CC[C@H]2C[C@@H](NC(=O)c2ccc(C(N)=O)c(NCC4CCCNC4)c2)C3)nc1. The topological polar surface area (TPSA) is 129 Å². The number of fused-ring (bicyclic) bond motifs is 2. The highest BCUT2D eigenvalue weighted by atomic mass is 16.2. The number of nitrogens with zero attached hydrogens (tertiary/aromatic N) is 2. The van der Waals surface area contributed by atoms with E-state index in [0.717, 1.165) is 64.0 Å². The third-order valence-electron chi connectivity index (χ3n) is 8.01. The zero-order valence-corrected chi connectivity index (χ0v) is 21.3. The molecule has 2 aromatic rings. The Balaban J connectivity index is 1.23. The fraction of sp³-hybridized carbons (Fsp3) is 0.500. The van der Waals surface area contributed by atoms with Crippen molar-refractivity contribution >= 4 is 29.1 Å². The average Bonchev–Trinajstić information content (AvgIpc) is 3.17. The Bertz CT molecular complexity index is 1150. The molecule has 5 N–H and O–H groups in total. The molecule has 0 saturated carbocycles. The number of nitrogens with one attached hydrogen (secondary N) is 3. The Hall–Kier alpha value is -3.46. The van der Waals surface area contributed by atoms with Crippen molar-refractivity contribution in [3.05, 3.63) is 53.2 Å². The van der Waals surface area contributed by atoms with Gasteiger partial charge in [-0.1, -0.05) is 0 Å². The number of anilines is 2. The van der Waals surface area contributed by atoms with Crippen molar-refractivity contribution in [3.63, 3.8) is 0 Å². The molecule has 3 aliphatic rings.